The molecule has 0 aliphatic heterocycles. The maximum Gasteiger partial charge on any atom is 0.262 e. The Morgan fingerprint density at radius 3 is 2.67 bits per heavy atom. The first-order valence-corrected chi connectivity index (χ1v) is 9.54. The summed E-state index contributed by atoms with van der Waals surface area (Å²) in [5.74, 6) is -0.221. The number of carbonyl (C=O) groups excluding carboxylic acids is 1. The van der Waals surface area contributed by atoms with Crippen LogP contribution in [0.3, 0.4) is 0 Å². The Kier molecular flexibility index (Phi) is 5.05. The number of thiophene rings is 2. The highest BCUT2D eigenvalue weighted by molar-refractivity contribution is 7.91. The lowest BCUT2D eigenvalue weighted by atomic mass is 10.3. The van der Waals surface area contributed by atoms with E-state index in [0.29, 0.717) is 22.9 Å². The fourth-order valence-corrected chi connectivity index (χ4v) is 4.58. The molecule has 3 N–H and O–H groups in total. The zero-order valence-electron chi connectivity index (χ0n) is 11.1. The fraction of sp³-hybridized carbons (Fsp3) is 0.250. The molecule has 114 valence electrons. The van der Waals surface area contributed by atoms with Crippen LogP contribution in [0.25, 0.3) is 0 Å². The second kappa shape index (κ2) is 6.45. The number of hydrogen-bond donors (Lipinski definition) is 2. The zero-order chi connectivity index (χ0) is 15.6. The third-order valence-corrected chi connectivity index (χ3v) is 6.96. The van der Waals surface area contributed by atoms with Crippen LogP contribution < -0.4 is 10.5 Å². The van der Waals surface area contributed by atoms with Crippen molar-refractivity contribution in [1.82, 2.24) is 5.32 Å². The van der Waals surface area contributed by atoms with Crippen LogP contribution in [0.15, 0.2) is 21.7 Å². The number of nitrogens with two attached hydrogens (primary N) is 1. The third kappa shape index (κ3) is 4.04. The van der Waals surface area contributed by atoms with Gasteiger partial charge in [-0.1, -0.05) is 11.6 Å². The van der Waals surface area contributed by atoms with E-state index in [9.17, 15) is 13.2 Å². The van der Waals surface area contributed by atoms with Gasteiger partial charge in [-0.25, -0.2) is 13.6 Å². The Bertz CT molecular complexity index is 765. The van der Waals surface area contributed by atoms with Crippen molar-refractivity contribution in [1.29, 1.82) is 0 Å². The van der Waals surface area contributed by atoms with Gasteiger partial charge in [0.05, 0.1) is 5.02 Å². The van der Waals surface area contributed by atoms with Crippen LogP contribution in [0.5, 0.6) is 0 Å². The van der Waals surface area contributed by atoms with Gasteiger partial charge in [0.1, 0.15) is 9.09 Å². The molecular weight excluding hydrogens is 352 g/mol. The molecule has 0 saturated heterocycles. The Hall–Kier alpha value is -0.930. The van der Waals surface area contributed by atoms with E-state index in [-0.39, 0.29) is 10.1 Å². The maximum atomic E-state index is 11.9. The van der Waals surface area contributed by atoms with Crippen LogP contribution in [0, 0.1) is 6.92 Å². The second-order valence-electron chi connectivity index (χ2n) is 4.33. The Morgan fingerprint density at radius 2 is 2.14 bits per heavy atom. The van der Waals surface area contributed by atoms with Crippen molar-refractivity contribution in [2.75, 3.05) is 6.54 Å². The van der Waals surface area contributed by atoms with Gasteiger partial charge in [-0.2, -0.15) is 0 Å². The molecule has 1 amide bonds. The zero-order valence-corrected chi connectivity index (χ0v) is 14.3. The quantitative estimate of drug-likeness (QED) is 0.853. The van der Waals surface area contributed by atoms with Gasteiger partial charge in [0.15, 0.2) is 0 Å². The summed E-state index contributed by atoms with van der Waals surface area (Å²) >= 11 is 8.43. The highest BCUT2D eigenvalue weighted by atomic mass is 35.5. The lowest BCUT2D eigenvalue weighted by Crippen LogP contribution is -2.24. The molecule has 2 aromatic heterocycles. The first-order valence-electron chi connectivity index (χ1n) is 5.92. The van der Waals surface area contributed by atoms with E-state index in [1.54, 1.807) is 6.07 Å². The predicted molar refractivity (Wildman–Crippen MR) is 85.8 cm³/mol. The minimum atomic E-state index is -3.65. The van der Waals surface area contributed by atoms with Crippen molar-refractivity contribution in [3.63, 3.8) is 0 Å². The van der Waals surface area contributed by atoms with E-state index in [2.05, 4.69) is 5.32 Å². The van der Waals surface area contributed by atoms with E-state index >= 15 is 0 Å². The van der Waals surface area contributed by atoms with E-state index in [1.807, 2.05) is 12.3 Å². The van der Waals surface area contributed by atoms with Gasteiger partial charge in [0.2, 0.25) is 10.0 Å². The van der Waals surface area contributed by atoms with Gasteiger partial charge in [-0.15, -0.1) is 22.7 Å². The molecule has 0 atom stereocenters. The van der Waals surface area contributed by atoms with Gasteiger partial charge in [-0.05, 0) is 36.4 Å². The number of nitrogens with one attached hydrogen (secondary N) is 1. The van der Waals surface area contributed by atoms with Crippen molar-refractivity contribution in [2.24, 2.45) is 5.14 Å². The molecule has 9 heteroatoms. The molecule has 0 radical (unpaired) electrons. The van der Waals surface area contributed by atoms with Crippen LogP contribution in [0.1, 0.15) is 20.1 Å². The van der Waals surface area contributed by atoms with E-state index in [1.165, 1.54) is 17.4 Å². The smallest absolute Gasteiger partial charge is 0.262 e. The third-order valence-electron chi connectivity index (χ3n) is 2.68. The lowest BCUT2D eigenvalue weighted by molar-refractivity contribution is 0.0958. The number of hydrogen-bond acceptors (Lipinski definition) is 5. The number of aryl methyl sites for hydroxylation is 1. The molecule has 2 rings (SSSR count). The Balaban J connectivity index is 1.91. The normalized spacial score (nSPS) is 11.6. The van der Waals surface area contributed by atoms with Crippen molar-refractivity contribution < 1.29 is 13.2 Å². The fourth-order valence-electron chi connectivity index (χ4n) is 1.61. The summed E-state index contributed by atoms with van der Waals surface area (Å²) in [5.41, 5.74) is 0.878. The molecule has 0 saturated carbocycles. The molecule has 0 aliphatic rings. The standard InChI is InChI=1S/C12H13ClN2O3S3/c1-7-6-19-11(10(7)13)12(16)15-5-4-8-2-3-9(20-8)21(14,17)18/h2-3,6H,4-5H2,1H3,(H,15,16)(H2,14,17,18). The predicted octanol–water partition coefficient (Wildman–Crippen LogP) is 2.39. The molecule has 5 nitrogen and oxygen atoms in total. The minimum absolute atomic E-state index is 0.126. The number of halogens is 1. The Morgan fingerprint density at radius 1 is 1.43 bits per heavy atom. The number of sulfonamides is 1. The number of amides is 1. The molecule has 2 aromatic rings. The molecule has 21 heavy (non-hydrogen) atoms. The summed E-state index contributed by atoms with van der Waals surface area (Å²) < 4.78 is 22.4. The number of rotatable bonds is 5. The molecule has 0 unspecified atom stereocenters. The van der Waals surface area contributed by atoms with E-state index in [4.69, 9.17) is 16.7 Å². The van der Waals surface area contributed by atoms with Crippen LogP contribution in [-0.2, 0) is 16.4 Å². The highest BCUT2D eigenvalue weighted by Crippen LogP contribution is 2.27. The first kappa shape index (κ1) is 16.4. The van der Waals surface area contributed by atoms with Gasteiger partial charge in [-0.3, -0.25) is 4.79 Å². The lowest BCUT2D eigenvalue weighted by Gasteiger charge is -2.03. The van der Waals surface area contributed by atoms with Crippen molar-refractivity contribution in [3.8, 4) is 0 Å². The first-order chi connectivity index (χ1) is 9.79. The van der Waals surface area contributed by atoms with Crippen LogP contribution in [-0.4, -0.2) is 20.9 Å². The molecule has 0 fully saturated rings. The van der Waals surface area contributed by atoms with Crippen LogP contribution >= 0.6 is 34.3 Å². The van der Waals surface area contributed by atoms with Crippen molar-refractivity contribution in [3.05, 3.63) is 37.9 Å². The topological polar surface area (TPSA) is 89.3 Å². The molecule has 0 spiro atoms. The van der Waals surface area contributed by atoms with Gasteiger partial charge in [0, 0.05) is 11.4 Å². The summed E-state index contributed by atoms with van der Waals surface area (Å²) in [5, 5.41) is 10.1. The minimum Gasteiger partial charge on any atom is -0.351 e. The maximum absolute atomic E-state index is 11.9. The number of primary sulfonamides is 1. The molecule has 0 aromatic carbocycles. The van der Waals surface area contributed by atoms with E-state index < -0.39 is 10.0 Å². The summed E-state index contributed by atoms with van der Waals surface area (Å²) in [6.45, 7) is 2.24. The SMILES string of the molecule is Cc1csc(C(=O)NCCc2ccc(S(N)(=O)=O)s2)c1Cl. The van der Waals surface area contributed by atoms with Crippen LogP contribution in [0.2, 0.25) is 5.02 Å². The summed E-state index contributed by atoms with van der Waals surface area (Å²) in [4.78, 5) is 13.3. The highest BCUT2D eigenvalue weighted by Gasteiger charge is 2.15. The van der Waals surface area contributed by atoms with Crippen LogP contribution in [0.4, 0.5) is 0 Å². The average molecular weight is 365 g/mol. The number of carbonyl (C=O) groups is 1. The van der Waals surface area contributed by atoms with Gasteiger partial charge < -0.3 is 5.32 Å². The molecule has 0 aliphatic carbocycles. The molecular formula is C12H13ClN2O3S3. The van der Waals surface area contributed by atoms with Gasteiger partial charge >= 0.3 is 0 Å². The molecule has 2 heterocycles. The molecule has 0 bridgehead atoms. The average Bonchev–Trinajstić information content (AvgIpc) is 2.98. The van der Waals surface area contributed by atoms with Gasteiger partial charge in [0.25, 0.3) is 5.91 Å². The van der Waals surface area contributed by atoms with Crippen molar-refractivity contribution in [2.45, 2.75) is 17.6 Å². The monoisotopic (exact) mass is 364 g/mol. The second-order valence-corrected chi connectivity index (χ2v) is 8.55. The summed E-state index contributed by atoms with van der Waals surface area (Å²) in [7, 11) is -3.65. The summed E-state index contributed by atoms with van der Waals surface area (Å²) in [6, 6.07) is 3.16. The van der Waals surface area contributed by atoms with E-state index in [0.717, 1.165) is 21.8 Å². The Labute approximate surface area is 135 Å². The largest absolute Gasteiger partial charge is 0.351 e. The summed E-state index contributed by atoms with van der Waals surface area (Å²) in [6.07, 6.45) is 0.536. The van der Waals surface area contributed by atoms with Crippen molar-refractivity contribution >= 4 is 50.2 Å².